The Morgan fingerprint density at radius 2 is 1.80 bits per heavy atom. The van der Waals surface area contributed by atoms with Crippen LogP contribution in [0.5, 0.6) is 0 Å². The van der Waals surface area contributed by atoms with Crippen LogP contribution in [0.15, 0.2) is 53.4 Å². The van der Waals surface area contributed by atoms with Gasteiger partial charge in [0.15, 0.2) is 6.61 Å². The Balaban J connectivity index is 2.19. The Morgan fingerprint density at radius 3 is 2.44 bits per heavy atom. The number of primary amides is 1. The van der Waals surface area contributed by atoms with E-state index in [2.05, 4.69) is 4.72 Å². The van der Waals surface area contributed by atoms with Crippen molar-refractivity contribution in [3.63, 3.8) is 0 Å². The van der Waals surface area contributed by atoms with Crippen molar-refractivity contribution >= 4 is 21.9 Å². The summed E-state index contributed by atoms with van der Waals surface area (Å²) < 4.78 is 32.1. The molecule has 25 heavy (non-hydrogen) atoms. The lowest BCUT2D eigenvalue weighted by atomic mass is 10.1. The summed E-state index contributed by atoms with van der Waals surface area (Å²) in [5.74, 6) is -1.60. The smallest absolute Gasteiger partial charge is 0.338 e. The van der Waals surface area contributed by atoms with Crippen LogP contribution in [0.3, 0.4) is 0 Å². The fraction of sp³-hybridized carbons (Fsp3) is 0.176. The third kappa shape index (κ3) is 5.13. The van der Waals surface area contributed by atoms with Crippen LogP contribution in [0.25, 0.3) is 0 Å². The first-order valence-electron chi connectivity index (χ1n) is 7.39. The molecule has 0 saturated carbocycles. The molecule has 0 fully saturated rings. The lowest BCUT2D eigenvalue weighted by Gasteiger charge is -2.10. The fourth-order valence-electron chi connectivity index (χ4n) is 2.06. The number of amides is 1. The monoisotopic (exact) mass is 362 g/mol. The van der Waals surface area contributed by atoms with Crippen molar-refractivity contribution in [3.8, 4) is 0 Å². The second-order valence-corrected chi connectivity index (χ2v) is 7.10. The van der Waals surface area contributed by atoms with Crippen LogP contribution in [0.2, 0.25) is 0 Å². The molecule has 2 rings (SSSR count). The summed E-state index contributed by atoms with van der Waals surface area (Å²) >= 11 is 0. The fourth-order valence-corrected chi connectivity index (χ4v) is 3.10. The molecule has 0 unspecified atom stereocenters. The number of carbonyl (C=O) groups is 2. The Hall–Kier alpha value is -2.71. The molecular formula is C17H18N2O5S. The van der Waals surface area contributed by atoms with Crippen LogP contribution in [-0.4, -0.2) is 26.9 Å². The molecule has 0 aliphatic carbocycles. The van der Waals surface area contributed by atoms with Crippen LogP contribution in [0.1, 0.15) is 21.5 Å². The number of hydrogen-bond donors (Lipinski definition) is 2. The number of nitrogens with one attached hydrogen (secondary N) is 1. The first kappa shape index (κ1) is 18.6. The van der Waals surface area contributed by atoms with Crippen LogP contribution in [0.4, 0.5) is 0 Å². The van der Waals surface area contributed by atoms with Crippen molar-refractivity contribution in [1.29, 1.82) is 0 Å². The van der Waals surface area contributed by atoms with Crippen LogP contribution < -0.4 is 10.5 Å². The number of sulfonamides is 1. The summed E-state index contributed by atoms with van der Waals surface area (Å²) in [7, 11) is -3.81. The molecule has 0 spiro atoms. The predicted octanol–water partition coefficient (Wildman–Crippen LogP) is 1.12. The molecule has 0 saturated heterocycles. The van der Waals surface area contributed by atoms with Gasteiger partial charge in [-0.05, 0) is 30.2 Å². The van der Waals surface area contributed by atoms with E-state index in [-0.39, 0.29) is 17.0 Å². The van der Waals surface area contributed by atoms with Gasteiger partial charge in [0.2, 0.25) is 10.0 Å². The molecule has 132 valence electrons. The Labute approximate surface area is 145 Å². The van der Waals surface area contributed by atoms with E-state index in [0.29, 0.717) is 5.56 Å². The minimum atomic E-state index is -3.81. The Bertz CT molecular complexity index is 879. The highest BCUT2D eigenvalue weighted by atomic mass is 32.2. The molecule has 2 aromatic carbocycles. The number of hydrogen-bond acceptors (Lipinski definition) is 5. The van der Waals surface area contributed by atoms with Gasteiger partial charge in [0, 0.05) is 6.54 Å². The Morgan fingerprint density at radius 1 is 1.12 bits per heavy atom. The van der Waals surface area contributed by atoms with E-state index in [9.17, 15) is 18.0 Å². The highest BCUT2D eigenvalue weighted by Crippen LogP contribution is 2.17. The predicted molar refractivity (Wildman–Crippen MR) is 91.1 cm³/mol. The molecule has 0 atom stereocenters. The van der Waals surface area contributed by atoms with E-state index in [1.807, 2.05) is 18.2 Å². The van der Waals surface area contributed by atoms with E-state index in [4.69, 9.17) is 10.5 Å². The van der Waals surface area contributed by atoms with Gasteiger partial charge in [-0.3, -0.25) is 4.79 Å². The molecule has 1 amide bonds. The van der Waals surface area contributed by atoms with E-state index in [1.54, 1.807) is 19.1 Å². The van der Waals surface area contributed by atoms with Crippen LogP contribution in [-0.2, 0) is 26.1 Å². The van der Waals surface area contributed by atoms with E-state index in [1.165, 1.54) is 18.2 Å². The molecule has 0 aromatic heterocycles. The van der Waals surface area contributed by atoms with Gasteiger partial charge in [0.25, 0.3) is 5.91 Å². The van der Waals surface area contributed by atoms with Crippen molar-refractivity contribution in [2.45, 2.75) is 18.4 Å². The molecule has 0 aliphatic rings. The van der Waals surface area contributed by atoms with Crippen LogP contribution in [0, 0.1) is 6.92 Å². The summed E-state index contributed by atoms with van der Waals surface area (Å²) in [6.07, 6.45) is 0. The number of rotatable bonds is 7. The average Bonchev–Trinajstić information content (AvgIpc) is 2.59. The molecule has 0 heterocycles. The number of esters is 1. The first-order valence-corrected chi connectivity index (χ1v) is 8.87. The summed E-state index contributed by atoms with van der Waals surface area (Å²) in [4.78, 5) is 22.6. The SMILES string of the molecule is Cc1ccc(S(=O)(=O)NCc2ccccc2)cc1C(=O)OCC(N)=O. The zero-order chi connectivity index (χ0) is 18.4. The van der Waals surface area contributed by atoms with Crippen molar-refractivity contribution in [3.05, 3.63) is 65.2 Å². The maximum atomic E-state index is 12.4. The van der Waals surface area contributed by atoms with Gasteiger partial charge in [0.1, 0.15) is 0 Å². The highest BCUT2D eigenvalue weighted by Gasteiger charge is 2.19. The van der Waals surface area contributed by atoms with Gasteiger partial charge in [0.05, 0.1) is 10.5 Å². The van der Waals surface area contributed by atoms with Crippen molar-refractivity contribution in [2.75, 3.05) is 6.61 Å². The van der Waals surface area contributed by atoms with Gasteiger partial charge in [-0.1, -0.05) is 36.4 Å². The topological polar surface area (TPSA) is 116 Å². The lowest BCUT2D eigenvalue weighted by Crippen LogP contribution is -2.24. The highest BCUT2D eigenvalue weighted by molar-refractivity contribution is 7.89. The lowest BCUT2D eigenvalue weighted by molar-refractivity contribution is -0.121. The van der Waals surface area contributed by atoms with Gasteiger partial charge in [-0.25, -0.2) is 17.9 Å². The maximum Gasteiger partial charge on any atom is 0.338 e. The van der Waals surface area contributed by atoms with E-state index >= 15 is 0 Å². The summed E-state index contributed by atoms with van der Waals surface area (Å²) in [5.41, 5.74) is 6.32. The van der Waals surface area contributed by atoms with Crippen molar-refractivity contribution < 1.29 is 22.7 Å². The Kier molecular flexibility index (Phi) is 5.89. The van der Waals surface area contributed by atoms with Gasteiger partial charge < -0.3 is 10.5 Å². The summed E-state index contributed by atoms with van der Waals surface area (Å²) in [6, 6.07) is 13.2. The van der Waals surface area contributed by atoms with Crippen LogP contribution >= 0.6 is 0 Å². The number of carbonyl (C=O) groups excluding carboxylic acids is 2. The van der Waals surface area contributed by atoms with Gasteiger partial charge >= 0.3 is 5.97 Å². The molecule has 2 aromatic rings. The maximum absolute atomic E-state index is 12.4. The molecule has 0 bridgehead atoms. The number of benzene rings is 2. The standard InChI is InChI=1S/C17H18N2O5S/c1-12-7-8-14(9-15(12)17(21)24-11-16(18)20)25(22,23)19-10-13-5-3-2-4-6-13/h2-9,19H,10-11H2,1H3,(H2,18,20). The summed E-state index contributed by atoms with van der Waals surface area (Å²) in [5, 5.41) is 0. The second-order valence-electron chi connectivity index (χ2n) is 5.33. The third-order valence-electron chi connectivity index (χ3n) is 3.39. The third-order valence-corrected chi connectivity index (χ3v) is 4.79. The zero-order valence-electron chi connectivity index (χ0n) is 13.6. The number of nitrogens with two attached hydrogens (primary N) is 1. The molecular weight excluding hydrogens is 344 g/mol. The average molecular weight is 362 g/mol. The molecule has 0 radical (unpaired) electrons. The molecule has 3 N–H and O–H groups in total. The molecule has 7 nitrogen and oxygen atoms in total. The minimum absolute atomic E-state index is 0.0591. The second kappa shape index (κ2) is 7.91. The van der Waals surface area contributed by atoms with Crippen molar-refractivity contribution in [1.82, 2.24) is 4.72 Å². The first-order chi connectivity index (χ1) is 11.8. The summed E-state index contributed by atoms with van der Waals surface area (Å²) in [6.45, 7) is 1.19. The molecule has 0 aliphatic heterocycles. The van der Waals surface area contributed by atoms with Gasteiger partial charge in [-0.2, -0.15) is 0 Å². The number of ether oxygens (including phenoxy) is 1. The minimum Gasteiger partial charge on any atom is -0.452 e. The molecule has 8 heteroatoms. The normalized spacial score (nSPS) is 11.1. The van der Waals surface area contributed by atoms with E-state index < -0.39 is 28.5 Å². The van der Waals surface area contributed by atoms with Gasteiger partial charge in [-0.15, -0.1) is 0 Å². The largest absolute Gasteiger partial charge is 0.452 e. The van der Waals surface area contributed by atoms with Crippen molar-refractivity contribution in [2.24, 2.45) is 5.73 Å². The zero-order valence-corrected chi connectivity index (χ0v) is 14.4. The number of aryl methyl sites for hydroxylation is 1. The quantitative estimate of drug-likeness (QED) is 0.716. The van der Waals surface area contributed by atoms with E-state index in [0.717, 1.165) is 5.56 Å².